The molecular weight excluding hydrogens is 264 g/mol. The quantitative estimate of drug-likeness (QED) is 0.935. The molecule has 110 valence electrons. The molecule has 2 aromatic rings. The molecule has 0 aromatic carbocycles. The van der Waals surface area contributed by atoms with Crippen LogP contribution in [0.4, 0.5) is 0 Å². The van der Waals surface area contributed by atoms with Gasteiger partial charge in [-0.05, 0) is 32.4 Å². The number of pyridine rings is 1. The Kier molecular flexibility index (Phi) is 3.73. The van der Waals surface area contributed by atoms with Crippen molar-refractivity contribution in [2.45, 2.75) is 45.7 Å². The van der Waals surface area contributed by atoms with E-state index in [1.165, 1.54) is 5.56 Å². The second-order valence-corrected chi connectivity index (χ2v) is 5.54. The number of carbonyl (C=O) groups is 1. The van der Waals surface area contributed by atoms with Gasteiger partial charge in [0.25, 0.3) is 0 Å². The molecule has 1 atom stereocenters. The van der Waals surface area contributed by atoms with E-state index in [-0.39, 0.29) is 11.9 Å². The van der Waals surface area contributed by atoms with Crippen LogP contribution < -0.4 is 5.32 Å². The maximum Gasteiger partial charge on any atom is 0.220 e. The predicted molar refractivity (Wildman–Crippen MR) is 79.8 cm³/mol. The summed E-state index contributed by atoms with van der Waals surface area (Å²) in [6, 6.07) is 6.08. The van der Waals surface area contributed by atoms with Crippen LogP contribution in [-0.4, -0.2) is 20.7 Å². The highest BCUT2D eigenvalue weighted by Crippen LogP contribution is 2.28. The highest BCUT2D eigenvalue weighted by Gasteiger charge is 2.27. The van der Waals surface area contributed by atoms with E-state index in [9.17, 15) is 4.79 Å². The molecule has 1 N–H and O–H groups in total. The zero-order valence-electron chi connectivity index (χ0n) is 12.5. The lowest BCUT2D eigenvalue weighted by Gasteiger charge is -2.11. The molecule has 1 unspecified atom stereocenters. The van der Waals surface area contributed by atoms with Crippen molar-refractivity contribution in [1.29, 1.82) is 0 Å². The Bertz CT molecular complexity index is 648. The minimum absolute atomic E-state index is 0.126. The third-order valence-electron chi connectivity index (χ3n) is 4.09. The molecule has 5 heteroatoms. The van der Waals surface area contributed by atoms with Gasteiger partial charge in [0.05, 0.1) is 11.7 Å². The van der Waals surface area contributed by atoms with Crippen molar-refractivity contribution in [1.82, 2.24) is 20.1 Å². The summed E-state index contributed by atoms with van der Waals surface area (Å²) in [4.78, 5) is 15.8. The van der Waals surface area contributed by atoms with E-state index < -0.39 is 0 Å². The van der Waals surface area contributed by atoms with Crippen molar-refractivity contribution < 1.29 is 4.79 Å². The van der Waals surface area contributed by atoms with Crippen molar-refractivity contribution in [3.63, 3.8) is 0 Å². The highest BCUT2D eigenvalue weighted by molar-refractivity contribution is 5.78. The number of amides is 1. The van der Waals surface area contributed by atoms with E-state index in [2.05, 4.69) is 22.3 Å². The maximum atomic E-state index is 11.4. The lowest BCUT2D eigenvalue weighted by atomic mass is 10.0. The summed E-state index contributed by atoms with van der Waals surface area (Å²) in [5, 5.41) is 7.67. The van der Waals surface area contributed by atoms with Crippen LogP contribution in [0.15, 0.2) is 24.4 Å². The molecule has 0 aliphatic carbocycles. The second kappa shape index (κ2) is 5.68. The first-order valence-electron chi connectivity index (χ1n) is 7.38. The SMILES string of the molecule is Cc1nn(CCc2ccccn2)c(C)c1C1CCC(=O)N1. The van der Waals surface area contributed by atoms with Crippen molar-refractivity contribution in [2.75, 3.05) is 0 Å². The maximum absolute atomic E-state index is 11.4. The Morgan fingerprint density at radius 2 is 2.24 bits per heavy atom. The molecule has 0 saturated carbocycles. The third-order valence-corrected chi connectivity index (χ3v) is 4.09. The van der Waals surface area contributed by atoms with E-state index in [0.717, 1.165) is 36.5 Å². The molecule has 3 heterocycles. The molecule has 21 heavy (non-hydrogen) atoms. The average molecular weight is 284 g/mol. The number of rotatable bonds is 4. The largest absolute Gasteiger partial charge is 0.349 e. The molecule has 5 nitrogen and oxygen atoms in total. The number of carbonyl (C=O) groups excluding carboxylic acids is 1. The highest BCUT2D eigenvalue weighted by atomic mass is 16.1. The van der Waals surface area contributed by atoms with Gasteiger partial charge in [-0.25, -0.2) is 0 Å². The Hall–Kier alpha value is -2.17. The minimum Gasteiger partial charge on any atom is -0.349 e. The standard InChI is InChI=1S/C16H20N4O/c1-11-16(14-6-7-15(21)18-14)12(2)20(19-11)10-8-13-5-3-4-9-17-13/h3-5,9,14H,6-8,10H2,1-2H3,(H,18,21). The van der Waals surface area contributed by atoms with Crippen LogP contribution in [0.2, 0.25) is 0 Å². The van der Waals surface area contributed by atoms with Gasteiger partial charge in [0.15, 0.2) is 0 Å². The Morgan fingerprint density at radius 3 is 2.90 bits per heavy atom. The minimum atomic E-state index is 0.126. The van der Waals surface area contributed by atoms with Crippen LogP contribution >= 0.6 is 0 Å². The topological polar surface area (TPSA) is 59.8 Å². The molecule has 0 bridgehead atoms. The molecule has 3 rings (SSSR count). The molecule has 2 aromatic heterocycles. The van der Waals surface area contributed by atoms with Gasteiger partial charge in [-0.2, -0.15) is 5.10 Å². The summed E-state index contributed by atoms with van der Waals surface area (Å²) < 4.78 is 2.03. The summed E-state index contributed by atoms with van der Waals surface area (Å²) in [6.07, 6.45) is 4.16. The lowest BCUT2D eigenvalue weighted by molar-refractivity contribution is -0.119. The fraction of sp³-hybridized carbons (Fsp3) is 0.438. The molecule has 1 aliphatic rings. The van der Waals surface area contributed by atoms with E-state index in [1.807, 2.05) is 36.0 Å². The molecule has 0 radical (unpaired) electrons. The fourth-order valence-electron chi connectivity index (χ4n) is 3.03. The number of aromatic nitrogens is 3. The summed E-state index contributed by atoms with van der Waals surface area (Å²) in [7, 11) is 0. The first kappa shape index (κ1) is 13.8. The Balaban J connectivity index is 1.76. The molecule has 1 amide bonds. The van der Waals surface area contributed by atoms with Crippen LogP contribution in [0.3, 0.4) is 0 Å². The summed E-state index contributed by atoms with van der Waals surface area (Å²) in [5.41, 5.74) is 4.42. The third kappa shape index (κ3) is 2.82. The number of hydrogen-bond acceptors (Lipinski definition) is 3. The van der Waals surface area contributed by atoms with E-state index in [4.69, 9.17) is 0 Å². The van der Waals surface area contributed by atoms with Crippen LogP contribution in [-0.2, 0) is 17.8 Å². The van der Waals surface area contributed by atoms with Gasteiger partial charge >= 0.3 is 0 Å². The lowest BCUT2D eigenvalue weighted by Crippen LogP contribution is -2.19. The summed E-state index contributed by atoms with van der Waals surface area (Å²) >= 11 is 0. The van der Waals surface area contributed by atoms with Gasteiger partial charge in [0.1, 0.15) is 0 Å². The number of nitrogens with zero attached hydrogens (tertiary/aromatic N) is 3. The first-order valence-corrected chi connectivity index (χ1v) is 7.38. The normalized spacial score (nSPS) is 18.0. The van der Waals surface area contributed by atoms with Crippen molar-refractivity contribution in [3.8, 4) is 0 Å². The van der Waals surface area contributed by atoms with Crippen LogP contribution in [0.25, 0.3) is 0 Å². The zero-order chi connectivity index (χ0) is 14.8. The molecule has 1 saturated heterocycles. The van der Waals surface area contributed by atoms with Crippen molar-refractivity contribution in [3.05, 3.63) is 47.0 Å². The fourth-order valence-corrected chi connectivity index (χ4v) is 3.03. The second-order valence-electron chi connectivity index (χ2n) is 5.54. The van der Waals surface area contributed by atoms with Crippen LogP contribution in [0.5, 0.6) is 0 Å². The average Bonchev–Trinajstić information content (AvgIpc) is 3.01. The van der Waals surface area contributed by atoms with Crippen molar-refractivity contribution in [2.24, 2.45) is 0 Å². The Labute approximate surface area is 124 Å². The molecule has 0 spiro atoms. The molecule has 1 fully saturated rings. The zero-order valence-corrected chi connectivity index (χ0v) is 12.5. The molecule has 1 aliphatic heterocycles. The first-order chi connectivity index (χ1) is 10.1. The predicted octanol–water partition coefficient (Wildman–Crippen LogP) is 2.09. The van der Waals surface area contributed by atoms with Gasteiger partial charge in [0.2, 0.25) is 5.91 Å². The van der Waals surface area contributed by atoms with Gasteiger partial charge in [-0.3, -0.25) is 14.5 Å². The number of aryl methyl sites for hydroxylation is 3. The van der Waals surface area contributed by atoms with Gasteiger partial charge < -0.3 is 5.32 Å². The smallest absolute Gasteiger partial charge is 0.220 e. The monoisotopic (exact) mass is 284 g/mol. The van der Waals surface area contributed by atoms with Crippen molar-refractivity contribution >= 4 is 5.91 Å². The van der Waals surface area contributed by atoms with Gasteiger partial charge in [0, 0.05) is 42.5 Å². The molecular formula is C16H20N4O. The van der Waals surface area contributed by atoms with Gasteiger partial charge in [-0.15, -0.1) is 0 Å². The summed E-state index contributed by atoms with van der Waals surface area (Å²) in [6.45, 7) is 4.91. The van der Waals surface area contributed by atoms with Gasteiger partial charge in [-0.1, -0.05) is 6.07 Å². The van der Waals surface area contributed by atoms with Crippen LogP contribution in [0, 0.1) is 13.8 Å². The van der Waals surface area contributed by atoms with E-state index >= 15 is 0 Å². The van der Waals surface area contributed by atoms with Crippen LogP contribution in [0.1, 0.15) is 41.5 Å². The van der Waals surface area contributed by atoms with E-state index in [1.54, 1.807) is 0 Å². The number of hydrogen-bond donors (Lipinski definition) is 1. The number of nitrogens with one attached hydrogen (secondary N) is 1. The summed E-state index contributed by atoms with van der Waals surface area (Å²) in [5.74, 6) is 0.139. The Morgan fingerprint density at radius 1 is 1.38 bits per heavy atom. The van der Waals surface area contributed by atoms with E-state index in [0.29, 0.717) is 6.42 Å².